The van der Waals surface area contributed by atoms with Crippen LogP contribution in [0.5, 0.6) is 5.75 Å². The van der Waals surface area contributed by atoms with E-state index in [9.17, 15) is 9.90 Å². The summed E-state index contributed by atoms with van der Waals surface area (Å²) in [5, 5.41) is 10.2. The number of carbonyl (C=O) groups excluding carboxylic acids is 1. The molecule has 3 fully saturated rings. The van der Waals surface area contributed by atoms with Crippen molar-refractivity contribution < 1.29 is 14.6 Å². The highest BCUT2D eigenvalue weighted by Crippen LogP contribution is 2.44. The highest BCUT2D eigenvalue weighted by atomic mass is 16.5. The Morgan fingerprint density at radius 1 is 1.24 bits per heavy atom. The summed E-state index contributed by atoms with van der Waals surface area (Å²) >= 11 is 0. The van der Waals surface area contributed by atoms with Crippen molar-refractivity contribution in [2.45, 2.75) is 25.8 Å². The van der Waals surface area contributed by atoms with Crippen molar-refractivity contribution in [3.8, 4) is 5.75 Å². The quantitative estimate of drug-likeness (QED) is 0.884. The summed E-state index contributed by atoms with van der Waals surface area (Å²) in [6, 6.07) is 8.20. The van der Waals surface area contributed by atoms with Crippen LogP contribution in [0.15, 0.2) is 24.3 Å². The zero-order chi connectivity index (χ0) is 17.4. The first-order valence-corrected chi connectivity index (χ1v) is 9.38. The molecule has 1 N–H and O–H groups in total. The predicted molar refractivity (Wildman–Crippen MR) is 95.2 cm³/mol. The van der Waals surface area contributed by atoms with Crippen molar-refractivity contribution in [1.29, 1.82) is 0 Å². The molecule has 136 valence electrons. The fourth-order valence-electron chi connectivity index (χ4n) is 4.58. The zero-order valence-electron chi connectivity index (χ0n) is 15.0. The first kappa shape index (κ1) is 16.9. The monoisotopic (exact) mass is 344 g/mol. The number of hydrogen-bond donors (Lipinski definition) is 1. The van der Waals surface area contributed by atoms with Crippen LogP contribution in [-0.2, 0) is 11.3 Å². The smallest absolute Gasteiger partial charge is 0.225 e. The van der Waals surface area contributed by atoms with Gasteiger partial charge in [-0.1, -0.05) is 12.1 Å². The number of aliphatic hydroxyl groups is 1. The average molecular weight is 344 g/mol. The van der Waals surface area contributed by atoms with Gasteiger partial charge < -0.3 is 14.7 Å². The summed E-state index contributed by atoms with van der Waals surface area (Å²) in [5.74, 6) is 1.90. The molecule has 0 aromatic heterocycles. The molecule has 0 spiro atoms. The third kappa shape index (κ3) is 3.27. The van der Waals surface area contributed by atoms with E-state index in [0.29, 0.717) is 11.8 Å². The Bertz CT molecular complexity index is 628. The zero-order valence-corrected chi connectivity index (χ0v) is 15.0. The minimum absolute atomic E-state index is 0.144. The standard InChI is InChI=1S/C20H28N2O3/c1-25-18-6-2-15(3-7-18)10-21-9-8-17-11-22(19(24)16-4-5-16)13-20(17,12-21)14-23/h2-3,6-7,16-17,23H,4-5,8-14H2,1H3/t17-,20+/m0/s1. The van der Waals surface area contributed by atoms with Crippen LogP contribution in [0.4, 0.5) is 0 Å². The van der Waals surface area contributed by atoms with E-state index in [1.807, 2.05) is 17.0 Å². The topological polar surface area (TPSA) is 53.0 Å². The van der Waals surface area contributed by atoms with Gasteiger partial charge in [-0.3, -0.25) is 9.69 Å². The number of carbonyl (C=O) groups is 1. The Kier molecular flexibility index (Phi) is 4.46. The second-order valence-corrected chi connectivity index (χ2v) is 8.06. The number of hydrogen-bond acceptors (Lipinski definition) is 4. The minimum atomic E-state index is -0.144. The molecule has 1 amide bonds. The number of ether oxygens (including phenoxy) is 1. The average Bonchev–Trinajstić information content (AvgIpc) is 3.42. The third-order valence-electron chi connectivity index (χ3n) is 6.26. The lowest BCUT2D eigenvalue weighted by Gasteiger charge is -2.43. The maximum Gasteiger partial charge on any atom is 0.225 e. The fourth-order valence-corrected chi connectivity index (χ4v) is 4.58. The fraction of sp³-hybridized carbons (Fsp3) is 0.650. The van der Waals surface area contributed by atoms with E-state index in [1.165, 1.54) is 5.56 Å². The molecule has 4 rings (SSSR count). The Morgan fingerprint density at radius 3 is 2.64 bits per heavy atom. The molecule has 1 aliphatic carbocycles. The van der Waals surface area contributed by atoms with Gasteiger partial charge in [0.2, 0.25) is 5.91 Å². The Labute approximate surface area is 149 Å². The van der Waals surface area contributed by atoms with Crippen molar-refractivity contribution in [1.82, 2.24) is 9.80 Å². The van der Waals surface area contributed by atoms with Gasteiger partial charge in [-0.15, -0.1) is 0 Å². The lowest BCUT2D eigenvalue weighted by molar-refractivity contribution is -0.132. The van der Waals surface area contributed by atoms with E-state index < -0.39 is 0 Å². The number of likely N-dealkylation sites (tertiary alicyclic amines) is 2. The van der Waals surface area contributed by atoms with Crippen molar-refractivity contribution in [3.63, 3.8) is 0 Å². The molecule has 3 aliphatic rings. The van der Waals surface area contributed by atoms with E-state index in [1.54, 1.807) is 7.11 Å². The molecular weight excluding hydrogens is 316 g/mol. The molecule has 2 aliphatic heterocycles. The molecule has 2 atom stereocenters. The first-order chi connectivity index (χ1) is 12.1. The van der Waals surface area contributed by atoms with E-state index >= 15 is 0 Å². The molecule has 1 saturated carbocycles. The summed E-state index contributed by atoms with van der Waals surface area (Å²) in [4.78, 5) is 16.9. The van der Waals surface area contributed by atoms with Gasteiger partial charge in [0.15, 0.2) is 0 Å². The molecular formula is C20H28N2O3. The first-order valence-electron chi connectivity index (χ1n) is 9.38. The van der Waals surface area contributed by atoms with Crippen LogP contribution < -0.4 is 4.74 Å². The van der Waals surface area contributed by atoms with Gasteiger partial charge in [0.05, 0.1) is 13.7 Å². The molecule has 5 nitrogen and oxygen atoms in total. The van der Waals surface area contributed by atoms with E-state index in [2.05, 4.69) is 17.0 Å². The van der Waals surface area contributed by atoms with Crippen LogP contribution in [-0.4, -0.2) is 60.7 Å². The maximum atomic E-state index is 12.5. The van der Waals surface area contributed by atoms with Crippen LogP contribution in [0.3, 0.4) is 0 Å². The number of amides is 1. The van der Waals surface area contributed by atoms with E-state index in [0.717, 1.165) is 57.7 Å². The number of benzene rings is 1. The van der Waals surface area contributed by atoms with Crippen LogP contribution in [0.1, 0.15) is 24.8 Å². The SMILES string of the molecule is COc1ccc(CN2CC[C@H]3CN(C(=O)C4CC4)C[C@@]3(CO)C2)cc1. The van der Waals surface area contributed by atoms with Gasteiger partial charge >= 0.3 is 0 Å². The Morgan fingerprint density at radius 2 is 2.00 bits per heavy atom. The molecule has 5 heteroatoms. The molecule has 2 saturated heterocycles. The summed E-state index contributed by atoms with van der Waals surface area (Å²) in [6.45, 7) is 4.52. The van der Waals surface area contributed by atoms with Crippen molar-refractivity contribution >= 4 is 5.91 Å². The van der Waals surface area contributed by atoms with Crippen LogP contribution >= 0.6 is 0 Å². The number of piperidine rings is 1. The van der Waals surface area contributed by atoms with Gasteiger partial charge in [0, 0.05) is 37.5 Å². The largest absolute Gasteiger partial charge is 0.497 e. The van der Waals surface area contributed by atoms with Gasteiger partial charge in [-0.05, 0) is 49.4 Å². The Balaban J connectivity index is 1.43. The van der Waals surface area contributed by atoms with Crippen LogP contribution in [0.2, 0.25) is 0 Å². The number of nitrogens with zero attached hydrogens (tertiary/aromatic N) is 2. The van der Waals surface area contributed by atoms with E-state index in [-0.39, 0.29) is 17.9 Å². The molecule has 2 heterocycles. The highest BCUT2D eigenvalue weighted by molar-refractivity contribution is 5.81. The lowest BCUT2D eigenvalue weighted by atomic mass is 9.74. The number of fused-ring (bicyclic) bond motifs is 1. The molecule has 0 unspecified atom stereocenters. The number of methoxy groups -OCH3 is 1. The number of rotatable bonds is 5. The molecule has 25 heavy (non-hydrogen) atoms. The van der Waals surface area contributed by atoms with Crippen molar-refractivity contribution in [3.05, 3.63) is 29.8 Å². The summed E-state index contributed by atoms with van der Waals surface area (Å²) in [5.41, 5.74) is 1.12. The van der Waals surface area contributed by atoms with Gasteiger partial charge in [-0.25, -0.2) is 0 Å². The molecule has 0 bridgehead atoms. The van der Waals surface area contributed by atoms with Gasteiger partial charge in [0.25, 0.3) is 0 Å². The van der Waals surface area contributed by atoms with Gasteiger partial charge in [-0.2, -0.15) is 0 Å². The normalized spacial score (nSPS) is 29.5. The summed E-state index contributed by atoms with van der Waals surface area (Å²) < 4.78 is 5.22. The minimum Gasteiger partial charge on any atom is -0.497 e. The molecule has 1 aromatic carbocycles. The van der Waals surface area contributed by atoms with Crippen molar-refractivity contribution in [2.75, 3.05) is 39.9 Å². The van der Waals surface area contributed by atoms with Crippen molar-refractivity contribution in [2.24, 2.45) is 17.3 Å². The summed E-state index contributed by atoms with van der Waals surface area (Å²) in [6.07, 6.45) is 3.16. The second-order valence-electron chi connectivity index (χ2n) is 8.06. The molecule has 0 radical (unpaired) electrons. The second kappa shape index (κ2) is 6.61. The van der Waals surface area contributed by atoms with E-state index in [4.69, 9.17) is 4.74 Å². The third-order valence-corrected chi connectivity index (χ3v) is 6.26. The summed E-state index contributed by atoms with van der Waals surface area (Å²) in [7, 11) is 1.68. The lowest BCUT2D eigenvalue weighted by Crippen LogP contribution is -2.50. The van der Waals surface area contributed by atoms with Crippen LogP contribution in [0, 0.1) is 17.3 Å². The number of aliphatic hydroxyl groups excluding tert-OH is 1. The Hall–Kier alpha value is -1.59. The van der Waals surface area contributed by atoms with Crippen LogP contribution in [0.25, 0.3) is 0 Å². The maximum absolute atomic E-state index is 12.5. The predicted octanol–water partition coefficient (Wildman–Crippen LogP) is 1.75. The van der Waals surface area contributed by atoms with Gasteiger partial charge in [0.1, 0.15) is 5.75 Å². The molecule has 1 aromatic rings. The highest BCUT2D eigenvalue weighted by Gasteiger charge is 2.51.